The fourth-order valence-electron chi connectivity index (χ4n) is 1.76. The molecular formula is C14H9BrClN5O. The van der Waals surface area contributed by atoms with Crippen molar-refractivity contribution in [3.63, 3.8) is 0 Å². The molecule has 8 heteroatoms. The lowest BCUT2D eigenvalue weighted by molar-refractivity contribution is 0.368. The third kappa shape index (κ3) is 3.06. The van der Waals surface area contributed by atoms with Gasteiger partial charge < -0.3 is 16.2 Å². The number of nitriles is 1. The number of nitrogen functional groups attached to an aromatic ring is 2. The Balaban J connectivity index is 2.61. The Kier molecular flexibility index (Phi) is 4.71. The number of nitrogens with two attached hydrogens (primary N) is 2. The summed E-state index contributed by atoms with van der Waals surface area (Å²) >= 11 is 9.53. The molecule has 0 saturated heterocycles. The van der Waals surface area contributed by atoms with Crippen molar-refractivity contribution in [2.24, 2.45) is 0 Å². The van der Waals surface area contributed by atoms with E-state index in [2.05, 4.69) is 31.8 Å². The van der Waals surface area contributed by atoms with Crippen LogP contribution in [0.5, 0.6) is 5.75 Å². The predicted molar refractivity (Wildman–Crippen MR) is 88.0 cm³/mol. The zero-order valence-corrected chi connectivity index (χ0v) is 13.4. The standard InChI is InChI=1S/C14H9BrClN5O/c1-2-3-22-12-9(15)4-7(5-10(12)16)11-8(6-17)13(18)21-14(19)20-11/h1,4-5H,3H2,(H4,18,19,20,21). The highest BCUT2D eigenvalue weighted by atomic mass is 79.9. The molecule has 0 spiro atoms. The van der Waals surface area contributed by atoms with Gasteiger partial charge in [-0.3, -0.25) is 0 Å². The maximum atomic E-state index is 9.22. The SMILES string of the molecule is C#CCOc1c(Cl)cc(-c2nc(N)nc(N)c2C#N)cc1Br. The molecule has 110 valence electrons. The minimum Gasteiger partial charge on any atom is -0.478 e. The third-order valence-corrected chi connectivity index (χ3v) is 3.51. The van der Waals surface area contributed by atoms with E-state index in [1.54, 1.807) is 12.1 Å². The van der Waals surface area contributed by atoms with Crippen molar-refractivity contribution in [2.45, 2.75) is 0 Å². The first-order valence-corrected chi connectivity index (χ1v) is 7.03. The van der Waals surface area contributed by atoms with E-state index >= 15 is 0 Å². The van der Waals surface area contributed by atoms with Gasteiger partial charge in [0.1, 0.15) is 24.1 Å². The van der Waals surface area contributed by atoms with E-state index in [0.29, 0.717) is 26.5 Å². The Morgan fingerprint density at radius 3 is 2.68 bits per heavy atom. The minimum absolute atomic E-state index is 0.00454. The zero-order valence-electron chi connectivity index (χ0n) is 11.1. The predicted octanol–water partition coefficient (Wildman–Crippen LogP) is 2.61. The summed E-state index contributed by atoms with van der Waals surface area (Å²) in [6, 6.07) is 5.22. The van der Waals surface area contributed by atoms with Gasteiger partial charge in [-0.15, -0.1) is 6.42 Å². The summed E-state index contributed by atoms with van der Waals surface area (Å²) in [6.07, 6.45) is 5.15. The van der Waals surface area contributed by atoms with Gasteiger partial charge in [0.25, 0.3) is 0 Å². The summed E-state index contributed by atoms with van der Waals surface area (Å²) in [6.45, 7) is 0.0779. The van der Waals surface area contributed by atoms with Crippen LogP contribution in [-0.2, 0) is 0 Å². The average Bonchev–Trinajstić information content (AvgIpc) is 2.45. The molecule has 1 heterocycles. The number of anilines is 2. The van der Waals surface area contributed by atoms with Crippen molar-refractivity contribution in [3.8, 4) is 35.4 Å². The first-order valence-electron chi connectivity index (χ1n) is 5.86. The zero-order chi connectivity index (χ0) is 16.3. The van der Waals surface area contributed by atoms with Crippen molar-refractivity contribution < 1.29 is 4.74 Å². The molecule has 6 nitrogen and oxygen atoms in total. The summed E-state index contributed by atoms with van der Waals surface area (Å²) in [5.41, 5.74) is 12.2. The molecule has 0 amide bonds. The van der Waals surface area contributed by atoms with Crippen molar-refractivity contribution in [2.75, 3.05) is 18.1 Å². The van der Waals surface area contributed by atoms with Crippen molar-refractivity contribution in [1.29, 1.82) is 5.26 Å². The lowest BCUT2D eigenvalue weighted by atomic mass is 10.1. The number of nitrogens with zero attached hydrogens (tertiary/aromatic N) is 3. The van der Waals surface area contributed by atoms with Crippen LogP contribution in [-0.4, -0.2) is 16.6 Å². The number of benzene rings is 1. The summed E-state index contributed by atoms with van der Waals surface area (Å²) in [5.74, 6) is 2.72. The van der Waals surface area contributed by atoms with E-state index < -0.39 is 0 Å². The second-order valence-corrected chi connectivity index (χ2v) is 5.33. The Hall–Kier alpha value is -2.48. The molecule has 1 aromatic carbocycles. The van der Waals surface area contributed by atoms with Gasteiger partial charge in [0.15, 0.2) is 5.75 Å². The number of hydrogen-bond donors (Lipinski definition) is 2. The van der Waals surface area contributed by atoms with Gasteiger partial charge in [0.05, 0.1) is 15.2 Å². The topological polar surface area (TPSA) is 111 Å². The van der Waals surface area contributed by atoms with Gasteiger partial charge in [-0.1, -0.05) is 17.5 Å². The minimum atomic E-state index is -0.0357. The second kappa shape index (κ2) is 6.52. The molecule has 4 N–H and O–H groups in total. The third-order valence-electron chi connectivity index (χ3n) is 2.64. The molecule has 0 aliphatic heterocycles. The highest BCUT2D eigenvalue weighted by Crippen LogP contribution is 2.38. The van der Waals surface area contributed by atoms with Crippen LogP contribution in [0.4, 0.5) is 11.8 Å². The molecule has 0 atom stereocenters. The van der Waals surface area contributed by atoms with Crippen molar-refractivity contribution >= 4 is 39.3 Å². The first-order chi connectivity index (χ1) is 10.5. The second-order valence-electron chi connectivity index (χ2n) is 4.06. The van der Waals surface area contributed by atoms with Crippen LogP contribution >= 0.6 is 27.5 Å². The normalized spacial score (nSPS) is 9.82. The largest absolute Gasteiger partial charge is 0.478 e. The Morgan fingerprint density at radius 1 is 1.36 bits per heavy atom. The van der Waals surface area contributed by atoms with Gasteiger partial charge >= 0.3 is 0 Å². The Morgan fingerprint density at radius 2 is 2.09 bits per heavy atom. The number of halogens is 2. The first kappa shape index (κ1) is 15.9. The quantitative estimate of drug-likeness (QED) is 0.794. The van der Waals surface area contributed by atoms with E-state index in [-0.39, 0.29) is 23.9 Å². The highest BCUT2D eigenvalue weighted by Gasteiger charge is 2.17. The van der Waals surface area contributed by atoms with E-state index in [0.717, 1.165) is 0 Å². The molecule has 0 saturated carbocycles. The van der Waals surface area contributed by atoms with Crippen LogP contribution in [0.3, 0.4) is 0 Å². The van der Waals surface area contributed by atoms with Crippen molar-refractivity contribution in [1.82, 2.24) is 9.97 Å². The summed E-state index contributed by atoms with van der Waals surface area (Å²) < 4.78 is 5.91. The molecule has 2 rings (SSSR count). The molecule has 0 fully saturated rings. The maximum Gasteiger partial charge on any atom is 0.222 e. The summed E-state index contributed by atoms with van der Waals surface area (Å²) in [4.78, 5) is 7.82. The van der Waals surface area contributed by atoms with E-state index in [1.807, 2.05) is 6.07 Å². The van der Waals surface area contributed by atoms with Gasteiger partial charge in [-0.25, -0.2) is 4.98 Å². The highest BCUT2D eigenvalue weighted by molar-refractivity contribution is 9.10. The van der Waals surface area contributed by atoms with E-state index in [1.165, 1.54) is 0 Å². The number of hydrogen-bond acceptors (Lipinski definition) is 6. The Bertz CT molecular complexity index is 802. The van der Waals surface area contributed by atoms with Crippen LogP contribution in [0, 0.1) is 23.7 Å². The molecule has 1 aromatic heterocycles. The molecule has 0 bridgehead atoms. The van der Waals surface area contributed by atoms with Crippen molar-refractivity contribution in [3.05, 3.63) is 27.2 Å². The van der Waals surface area contributed by atoms with E-state index in [9.17, 15) is 5.26 Å². The van der Waals surface area contributed by atoms with Crippen LogP contribution in [0.15, 0.2) is 16.6 Å². The number of ether oxygens (including phenoxy) is 1. The molecule has 0 unspecified atom stereocenters. The Labute approximate surface area is 140 Å². The van der Waals surface area contributed by atoms with Gasteiger partial charge in [-0.05, 0) is 28.1 Å². The molecule has 0 aliphatic carbocycles. The molecule has 0 radical (unpaired) electrons. The number of aromatic nitrogens is 2. The average molecular weight is 379 g/mol. The monoisotopic (exact) mass is 377 g/mol. The van der Waals surface area contributed by atoms with Crippen LogP contribution < -0.4 is 16.2 Å². The summed E-state index contributed by atoms with van der Waals surface area (Å²) in [7, 11) is 0. The van der Waals surface area contributed by atoms with Crippen LogP contribution in [0.1, 0.15) is 5.56 Å². The van der Waals surface area contributed by atoms with Gasteiger partial charge in [0.2, 0.25) is 5.95 Å². The maximum absolute atomic E-state index is 9.22. The molecule has 0 aliphatic rings. The van der Waals surface area contributed by atoms with Crippen LogP contribution in [0.2, 0.25) is 5.02 Å². The number of terminal acetylenes is 1. The number of rotatable bonds is 3. The van der Waals surface area contributed by atoms with Gasteiger partial charge in [0, 0.05) is 5.56 Å². The lowest BCUT2D eigenvalue weighted by Crippen LogP contribution is -2.05. The van der Waals surface area contributed by atoms with Crippen LogP contribution in [0.25, 0.3) is 11.3 Å². The molecular weight excluding hydrogens is 370 g/mol. The fraction of sp³-hybridized carbons (Fsp3) is 0.0714. The van der Waals surface area contributed by atoms with Gasteiger partial charge in [-0.2, -0.15) is 10.2 Å². The molecule has 22 heavy (non-hydrogen) atoms. The fourth-order valence-corrected chi connectivity index (χ4v) is 2.73. The molecule has 2 aromatic rings. The summed E-state index contributed by atoms with van der Waals surface area (Å²) in [5, 5.41) is 9.52. The smallest absolute Gasteiger partial charge is 0.222 e. The lowest BCUT2D eigenvalue weighted by Gasteiger charge is -2.11. The van der Waals surface area contributed by atoms with E-state index in [4.69, 9.17) is 34.2 Å².